The Bertz CT molecular complexity index is 474. The van der Waals surface area contributed by atoms with Gasteiger partial charge >= 0.3 is 0 Å². The Morgan fingerprint density at radius 1 is 1.56 bits per heavy atom. The van der Waals surface area contributed by atoms with Crippen LogP contribution in [0.25, 0.3) is 0 Å². The number of sulfonamides is 1. The van der Waals surface area contributed by atoms with Crippen LogP contribution in [-0.4, -0.2) is 19.5 Å². The molecule has 1 aromatic rings. The molecular formula is C10H17N3O2S. The summed E-state index contributed by atoms with van der Waals surface area (Å²) in [6.07, 6.45) is 3.92. The first-order valence-electron chi connectivity index (χ1n) is 5.49. The van der Waals surface area contributed by atoms with Crippen LogP contribution in [0, 0.1) is 0 Å². The van der Waals surface area contributed by atoms with E-state index in [1.54, 1.807) is 19.2 Å². The van der Waals surface area contributed by atoms with Crippen LogP contribution in [0.3, 0.4) is 0 Å². The van der Waals surface area contributed by atoms with Gasteiger partial charge in [0.25, 0.3) is 0 Å². The second kappa shape index (κ2) is 4.20. The first kappa shape index (κ1) is 11.6. The molecule has 1 heterocycles. The Morgan fingerprint density at radius 2 is 2.25 bits per heavy atom. The Labute approximate surface area is 95.7 Å². The fourth-order valence-electron chi connectivity index (χ4n) is 1.77. The van der Waals surface area contributed by atoms with Gasteiger partial charge in [0, 0.05) is 31.0 Å². The molecule has 1 aliphatic carbocycles. The summed E-state index contributed by atoms with van der Waals surface area (Å²) in [6, 6.07) is 2.11. The Hall–Kier alpha value is -0.850. The number of hydrogen-bond donors (Lipinski definition) is 2. The number of nitrogens with zero attached hydrogens (tertiary/aromatic N) is 1. The van der Waals surface area contributed by atoms with Crippen LogP contribution >= 0.6 is 0 Å². The number of nitrogens with two attached hydrogens (primary N) is 1. The molecule has 0 bridgehead atoms. The zero-order valence-electron chi connectivity index (χ0n) is 9.31. The summed E-state index contributed by atoms with van der Waals surface area (Å²) >= 11 is 0. The molecule has 1 aliphatic rings. The van der Waals surface area contributed by atoms with Crippen molar-refractivity contribution in [3.8, 4) is 0 Å². The fraction of sp³-hybridized carbons (Fsp3) is 0.600. The topological polar surface area (TPSA) is 77.1 Å². The van der Waals surface area contributed by atoms with Gasteiger partial charge in [-0.15, -0.1) is 0 Å². The zero-order valence-corrected chi connectivity index (χ0v) is 10.1. The Kier molecular flexibility index (Phi) is 3.05. The number of rotatable bonds is 5. The lowest BCUT2D eigenvalue weighted by Gasteiger charge is -2.03. The molecule has 6 heteroatoms. The molecule has 0 spiro atoms. The monoisotopic (exact) mass is 243 g/mol. The van der Waals surface area contributed by atoms with Crippen LogP contribution in [0.2, 0.25) is 0 Å². The van der Waals surface area contributed by atoms with Crippen molar-refractivity contribution in [3.05, 3.63) is 18.0 Å². The average Bonchev–Trinajstić information content (AvgIpc) is 2.97. The molecular weight excluding hydrogens is 226 g/mol. The highest BCUT2D eigenvalue weighted by Gasteiger charge is 2.27. The normalized spacial score (nSPS) is 16.6. The molecule has 90 valence electrons. The molecule has 0 saturated heterocycles. The van der Waals surface area contributed by atoms with Crippen molar-refractivity contribution in [1.29, 1.82) is 0 Å². The highest BCUT2D eigenvalue weighted by Crippen LogP contribution is 2.37. The fourth-order valence-corrected chi connectivity index (χ4v) is 2.86. The second-order valence-electron chi connectivity index (χ2n) is 4.01. The van der Waals surface area contributed by atoms with Crippen LogP contribution < -0.4 is 10.5 Å². The highest BCUT2D eigenvalue weighted by molar-refractivity contribution is 7.89. The largest absolute Gasteiger partial charge is 0.346 e. The molecule has 0 radical (unpaired) electrons. The zero-order chi connectivity index (χ0) is 11.8. The minimum atomic E-state index is -3.35. The smallest absolute Gasteiger partial charge is 0.242 e. The third-order valence-electron chi connectivity index (χ3n) is 2.70. The van der Waals surface area contributed by atoms with E-state index in [0.717, 1.165) is 18.5 Å². The molecule has 16 heavy (non-hydrogen) atoms. The first-order valence-corrected chi connectivity index (χ1v) is 6.97. The summed E-state index contributed by atoms with van der Waals surface area (Å²) in [5.41, 5.74) is 6.50. The van der Waals surface area contributed by atoms with Crippen molar-refractivity contribution in [1.82, 2.24) is 9.29 Å². The molecule has 0 amide bonds. The maximum atomic E-state index is 11.8. The van der Waals surface area contributed by atoms with Gasteiger partial charge < -0.3 is 10.3 Å². The standard InChI is InChI=1S/C10H17N3O2S/c1-2-12-16(14,15)10-5-9(6-11)13(7-10)8-3-4-8/h5,7-8,12H,2-4,6,11H2,1H3. The van der Waals surface area contributed by atoms with Gasteiger partial charge in [0.05, 0.1) is 4.90 Å². The SMILES string of the molecule is CCNS(=O)(=O)c1cc(CN)n(C2CC2)c1. The number of aromatic nitrogens is 1. The summed E-state index contributed by atoms with van der Waals surface area (Å²) in [4.78, 5) is 0.321. The van der Waals surface area contributed by atoms with Gasteiger partial charge in [-0.05, 0) is 18.9 Å². The van der Waals surface area contributed by atoms with Crippen molar-refractivity contribution in [2.24, 2.45) is 5.73 Å². The summed E-state index contributed by atoms with van der Waals surface area (Å²) in [5.74, 6) is 0. The highest BCUT2D eigenvalue weighted by atomic mass is 32.2. The van der Waals surface area contributed by atoms with Gasteiger partial charge in [-0.2, -0.15) is 0 Å². The van der Waals surface area contributed by atoms with Gasteiger partial charge in [-0.25, -0.2) is 13.1 Å². The van der Waals surface area contributed by atoms with Gasteiger partial charge in [0.2, 0.25) is 10.0 Å². The van der Waals surface area contributed by atoms with Crippen LogP contribution in [0.4, 0.5) is 0 Å². The van der Waals surface area contributed by atoms with E-state index in [2.05, 4.69) is 4.72 Å². The van der Waals surface area contributed by atoms with E-state index in [9.17, 15) is 8.42 Å². The van der Waals surface area contributed by atoms with Gasteiger partial charge in [-0.3, -0.25) is 0 Å². The predicted octanol–water partition coefficient (Wildman–Crippen LogP) is 0.580. The molecule has 2 rings (SSSR count). The van der Waals surface area contributed by atoms with Crippen molar-refractivity contribution in [2.45, 2.75) is 37.2 Å². The van der Waals surface area contributed by atoms with Crippen LogP contribution in [0.1, 0.15) is 31.5 Å². The van der Waals surface area contributed by atoms with Gasteiger partial charge in [0.15, 0.2) is 0 Å². The molecule has 0 aliphatic heterocycles. The molecule has 5 nitrogen and oxygen atoms in total. The van der Waals surface area contributed by atoms with E-state index in [-0.39, 0.29) is 0 Å². The van der Waals surface area contributed by atoms with E-state index >= 15 is 0 Å². The molecule has 1 fully saturated rings. The Morgan fingerprint density at radius 3 is 2.75 bits per heavy atom. The van der Waals surface area contributed by atoms with E-state index in [0.29, 0.717) is 24.0 Å². The van der Waals surface area contributed by atoms with E-state index in [1.165, 1.54) is 0 Å². The number of hydrogen-bond acceptors (Lipinski definition) is 3. The van der Waals surface area contributed by atoms with Crippen LogP contribution in [0.5, 0.6) is 0 Å². The minimum Gasteiger partial charge on any atom is -0.346 e. The van der Waals surface area contributed by atoms with Crippen molar-refractivity contribution in [3.63, 3.8) is 0 Å². The lowest BCUT2D eigenvalue weighted by molar-refractivity contribution is 0.583. The van der Waals surface area contributed by atoms with Crippen LogP contribution in [-0.2, 0) is 16.6 Å². The van der Waals surface area contributed by atoms with Gasteiger partial charge in [0.1, 0.15) is 0 Å². The lowest BCUT2D eigenvalue weighted by Crippen LogP contribution is -2.22. The van der Waals surface area contributed by atoms with Crippen molar-refractivity contribution < 1.29 is 8.42 Å². The number of nitrogens with one attached hydrogen (secondary N) is 1. The second-order valence-corrected chi connectivity index (χ2v) is 5.78. The Balaban J connectivity index is 2.35. The third-order valence-corrected chi connectivity index (χ3v) is 4.21. The molecule has 3 N–H and O–H groups in total. The molecule has 0 unspecified atom stereocenters. The minimum absolute atomic E-state index is 0.321. The lowest BCUT2D eigenvalue weighted by atomic mass is 10.4. The molecule has 0 aromatic carbocycles. The van der Waals surface area contributed by atoms with E-state index in [1.807, 2.05) is 4.57 Å². The maximum Gasteiger partial charge on any atom is 0.242 e. The van der Waals surface area contributed by atoms with E-state index in [4.69, 9.17) is 5.73 Å². The van der Waals surface area contributed by atoms with E-state index < -0.39 is 10.0 Å². The predicted molar refractivity (Wildman–Crippen MR) is 61.5 cm³/mol. The molecule has 1 aromatic heterocycles. The van der Waals surface area contributed by atoms with Crippen molar-refractivity contribution in [2.75, 3.05) is 6.54 Å². The molecule has 1 saturated carbocycles. The summed E-state index contributed by atoms with van der Waals surface area (Å²) in [5, 5.41) is 0. The summed E-state index contributed by atoms with van der Waals surface area (Å²) < 4.78 is 28.1. The summed E-state index contributed by atoms with van der Waals surface area (Å²) in [7, 11) is -3.35. The quantitative estimate of drug-likeness (QED) is 0.794. The first-order chi connectivity index (χ1) is 7.58. The molecule has 0 atom stereocenters. The van der Waals surface area contributed by atoms with Crippen LogP contribution in [0.15, 0.2) is 17.2 Å². The van der Waals surface area contributed by atoms with Gasteiger partial charge in [-0.1, -0.05) is 6.92 Å². The third kappa shape index (κ3) is 2.14. The van der Waals surface area contributed by atoms with Crippen molar-refractivity contribution >= 4 is 10.0 Å². The maximum absolute atomic E-state index is 11.8. The average molecular weight is 243 g/mol. The summed E-state index contributed by atoms with van der Waals surface area (Å²) in [6.45, 7) is 2.53.